The minimum Gasteiger partial charge on any atom is -0.423 e. The lowest BCUT2D eigenvalue weighted by Crippen LogP contribution is -2.15. The number of nitrogens with zero attached hydrogens (tertiary/aromatic N) is 2. The first-order chi connectivity index (χ1) is 13.4. The van der Waals surface area contributed by atoms with Gasteiger partial charge in [0.1, 0.15) is 5.75 Å². The molecule has 0 aliphatic rings. The van der Waals surface area contributed by atoms with E-state index in [4.69, 9.17) is 4.74 Å². The number of hydrogen-bond donors (Lipinski definition) is 1. The molecule has 6 nitrogen and oxygen atoms in total. The fraction of sp³-hybridized carbons (Fsp3) is 0.190. The van der Waals surface area contributed by atoms with Crippen LogP contribution in [0.15, 0.2) is 60.0 Å². The van der Waals surface area contributed by atoms with Gasteiger partial charge in [0.25, 0.3) is 0 Å². The Hall–Kier alpha value is -3.06. The van der Waals surface area contributed by atoms with Gasteiger partial charge >= 0.3 is 5.97 Å². The maximum Gasteiger partial charge on any atom is 0.343 e. The highest BCUT2D eigenvalue weighted by Crippen LogP contribution is 2.19. The zero-order valence-corrected chi connectivity index (χ0v) is 16.7. The van der Waals surface area contributed by atoms with E-state index in [1.165, 1.54) is 11.8 Å². The molecule has 0 bridgehead atoms. The number of carbonyl (C=O) groups is 2. The predicted molar refractivity (Wildman–Crippen MR) is 110 cm³/mol. The number of thioether (sulfide) groups is 1. The molecule has 28 heavy (non-hydrogen) atoms. The first kappa shape index (κ1) is 19.7. The lowest BCUT2D eigenvalue weighted by atomic mass is 10.1. The summed E-state index contributed by atoms with van der Waals surface area (Å²) in [5, 5.41) is 3.58. The Bertz CT molecular complexity index is 996. The van der Waals surface area contributed by atoms with Gasteiger partial charge in [-0.1, -0.05) is 17.8 Å². The zero-order chi connectivity index (χ0) is 20.1. The van der Waals surface area contributed by atoms with Crippen LogP contribution in [0.1, 0.15) is 21.5 Å². The van der Waals surface area contributed by atoms with Crippen LogP contribution in [0.2, 0.25) is 0 Å². The molecule has 1 N–H and O–H groups in total. The van der Waals surface area contributed by atoms with E-state index >= 15 is 0 Å². The van der Waals surface area contributed by atoms with Gasteiger partial charge in [-0.3, -0.25) is 4.79 Å². The number of aryl methyl sites for hydroxylation is 3. The summed E-state index contributed by atoms with van der Waals surface area (Å²) in [6.07, 6.45) is 3.52. The van der Waals surface area contributed by atoms with Gasteiger partial charge in [0.2, 0.25) is 5.91 Å². The molecule has 1 amide bonds. The quantitative estimate of drug-likeness (QED) is 0.388. The second-order valence-corrected chi connectivity index (χ2v) is 7.31. The molecule has 3 rings (SSSR count). The van der Waals surface area contributed by atoms with Crippen LogP contribution in [0, 0.1) is 13.8 Å². The van der Waals surface area contributed by atoms with Crippen LogP contribution >= 0.6 is 11.8 Å². The number of esters is 1. The predicted octanol–water partition coefficient (Wildman–Crippen LogP) is 3.99. The Balaban J connectivity index is 1.55. The van der Waals surface area contributed by atoms with Gasteiger partial charge in [0.15, 0.2) is 5.16 Å². The third-order valence-corrected chi connectivity index (χ3v) is 5.26. The Labute approximate surface area is 167 Å². The number of anilines is 1. The smallest absolute Gasteiger partial charge is 0.343 e. The summed E-state index contributed by atoms with van der Waals surface area (Å²) < 4.78 is 7.26. The van der Waals surface area contributed by atoms with Gasteiger partial charge in [0, 0.05) is 25.1 Å². The van der Waals surface area contributed by atoms with Crippen LogP contribution < -0.4 is 10.1 Å². The maximum absolute atomic E-state index is 12.3. The van der Waals surface area contributed by atoms with Crippen molar-refractivity contribution in [1.29, 1.82) is 0 Å². The van der Waals surface area contributed by atoms with Crippen LogP contribution in [-0.2, 0) is 11.8 Å². The minimum absolute atomic E-state index is 0.140. The van der Waals surface area contributed by atoms with E-state index in [0.29, 0.717) is 17.0 Å². The number of aromatic nitrogens is 2. The average Bonchev–Trinajstić information content (AvgIpc) is 3.08. The first-order valence-corrected chi connectivity index (χ1v) is 9.70. The molecule has 1 heterocycles. The SMILES string of the molecule is Cc1ccc(OC(=O)c2ccc(NC(=O)CSc3nccn3C)cc2)cc1C. The van der Waals surface area contributed by atoms with Crippen LogP contribution in [0.25, 0.3) is 0 Å². The molecule has 0 unspecified atom stereocenters. The second kappa shape index (κ2) is 8.75. The average molecular weight is 395 g/mol. The Morgan fingerprint density at radius 3 is 2.50 bits per heavy atom. The van der Waals surface area contributed by atoms with Crippen molar-refractivity contribution in [2.45, 2.75) is 19.0 Å². The van der Waals surface area contributed by atoms with Crippen molar-refractivity contribution < 1.29 is 14.3 Å². The molecular weight excluding hydrogens is 374 g/mol. The molecule has 0 saturated carbocycles. The number of imidazole rings is 1. The molecule has 7 heteroatoms. The third-order valence-electron chi connectivity index (χ3n) is 4.20. The minimum atomic E-state index is -0.438. The summed E-state index contributed by atoms with van der Waals surface area (Å²) in [5.74, 6) is 0.184. The van der Waals surface area contributed by atoms with Gasteiger partial charge < -0.3 is 14.6 Å². The van der Waals surface area contributed by atoms with Crippen molar-refractivity contribution in [2.75, 3.05) is 11.1 Å². The van der Waals surface area contributed by atoms with Gasteiger partial charge in [-0.2, -0.15) is 0 Å². The van der Waals surface area contributed by atoms with Gasteiger partial charge in [-0.15, -0.1) is 0 Å². The van der Waals surface area contributed by atoms with Crippen molar-refractivity contribution in [3.63, 3.8) is 0 Å². The number of amides is 1. The van der Waals surface area contributed by atoms with E-state index in [1.807, 2.05) is 43.8 Å². The summed E-state index contributed by atoms with van der Waals surface area (Å²) in [6, 6.07) is 12.1. The fourth-order valence-electron chi connectivity index (χ4n) is 2.45. The molecule has 0 radical (unpaired) electrons. The highest BCUT2D eigenvalue weighted by Gasteiger charge is 2.11. The molecule has 144 valence electrons. The van der Waals surface area contributed by atoms with E-state index < -0.39 is 5.97 Å². The topological polar surface area (TPSA) is 73.2 Å². The van der Waals surface area contributed by atoms with Crippen LogP contribution in [0.5, 0.6) is 5.75 Å². The second-order valence-electron chi connectivity index (χ2n) is 6.37. The number of ether oxygens (including phenoxy) is 1. The lowest BCUT2D eigenvalue weighted by Gasteiger charge is -2.08. The summed E-state index contributed by atoms with van der Waals surface area (Å²) in [5.41, 5.74) is 3.24. The van der Waals surface area contributed by atoms with E-state index in [2.05, 4.69) is 10.3 Å². The molecule has 3 aromatic rings. The van der Waals surface area contributed by atoms with E-state index in [9.17, 15) is 9.59 Å². The highest BCUT2D eigenvalue weighted by atomic mass is 32.2. The van der Waals surface area contributed by atoms with Gasteiger partial charge in [-0.05, 0) is 61.4 Å². The Kier molecular flexibility index (Phi) is 6.16. The molecule has 0 atom stereocenters. The van der Waals surface area contributed by atoms with Gasteiger partial charge in [-0.25, -0.2) is 9.78 Å². The number of benzene rings is 2. The van der Waals surface area contributed by atoms with Crippen molar-refractivity contribution in [2.24, 2.45) is 7.05 Å². The third kappa shape index (κ3) is 5.01. The number of nitrogens with one attached hydrogen (secondary N) is 1. The molecule has 0 saturated heterocycles. The first-order valence-electron chi connectivity index (χ1n) is 8.72. The highest BCUT2D eigenvalue weighted by molar-refractivity contribution is 7.99. The van der Waals surface area contributed by atoms with Crippen molar-refractivity contribution in [3.8, 4) is 5.75 Å². The molecular formula is C21H21N3O3S. The zero-order valence-electron chi connectivity index (χ0n) is 15.9. The molecule has 0 fully saturated rings. The van der Waals surface area contributed by atoms with Crippen molar-refractivity contribution in [1.82, 2.24) is 9.55 Å². The number of rotatable bonds is 6. The fourth-order valence-corrected chi connectivity index (χ4v) is 3.18. The normalized spacial score (nSPS) is 10.5. The summed E-state index contributed by atoms with van der Waals surface area (Å²) in [7, 11) is 1.88. The standard InChI is InChI=1S/C21H21N3O3S/c1-14-4-9-18(12-15(14)2)27-20(26)16-5-7-17(8-6-16)23-19(25)13-28-21-22-10-11-24(21)3/h4-12H,13H2,1-3H3,(H,23,25). The molecule has 0 aliphatic carbocycles. The van der Waals surface area contributed by atoms with Crippen LogP contribution in [0.4, 0.5) is 5.69 Å². The Morgan fingerprint density at radius 2 is 1.86 bits per heavy atom. The van der Waals surface area contributed by atoms with Crippen molar-refractivity contribution >= 4 is 29.3 Å². The Morgan fingerprint density at radius 1 is 1.11 bits per heavy atom. The van der Waals surface area contributed by atoms with Crippen LogP contribution in [-0.4, -0.2) is 27.2 Å². The summed E-state index contributed by atoms with van der Waals surface area (Å²) >= 11 is 1.36. The lowest BCUT2D eigenvalue weighted by molar-refractivity contribution is -0.113. The maximum atomic E-state index is 12.3. The van der Waals surface area contributed by atoms with Crippen molar-refractivity contribution in [3.05, 3.63) is 71.5 Å². The monoisotopic (exact) mass is 395 g/mol. The van der Waals surface area contributed by atoms with Crippen LogP contribution in [0.3, 0.4) is 0 Å². The molecule has 1 aromatic heterocycles. The summed E-state index contributed by atoms with van der Waals surface area (Å²) in [6.45, 7) is 3.97. The summed E-state index contributed by atoms with van der Waals surface area (Å²) in [4.78, 5) is 28.5. The number of carbonyl (C=O) groups excluding carboxylic acids is 2. The van der Waals surface area contributed by atoms with E-state index in [0.717, 1.165) is 16.3 Å². The number of hydrogen-bond acceptors (Lipinski definition) is 5. The van der Waals surface area contributed by atoms with Gasteiger partial charge in [0.05, 0.1) is 11.3 Å². The largest absolute Gasteiger partial charge is 0.423 e. The van der Waals surface area contributed by atoms with E-state index in [1.54, 1.807) is 36.5 Å². The molecule has 2 aromatic carbocycles. The molecule has 0 aliphatic heterocycles. The molecule has 0 spiro atoms. The van der Waals surface area contributed by atoms with E-state index in [-0.39, 0.29) is 11.7 Å².